The van der Waals surface area contributed by atoms with Gasteiger partial charge in [-0.2, -0.15) is 0 Å². The molecule has 4 rings (SSSR count). The number of aromatic hydroxyl groups is 2. The van der Waals surface area contributed by atoms with Gasteiger partial charge in [0.05, 0.1) is 0 Å². The first-order valence-electron chi connectivity index (χ1n) is 8.72. The maximum atomic E-state index is 11.9. The van der Waals surface area contributed by atoms with E-state index in [4.69, 9.17) is 16.0 Å². The molecule has 7 heteroatoms. The molecule has 1 aliphatic heterocycles. The molecule has 140 valence electrons. The van der Waals surface area contributed by atoms with Gasteiger partial charge >= 0.3 is 5.63 Å². The van der Waals surface area contributed by atoms with Gasteiger partial charge in [0.2, 0.25) is 5.75 Å². The Morgan fingerprint density at radius 1 is 1.04 bits per heavy atom. The summed E-state index contributed by atoms with van der Waals surface area (Å²) in [6.45, 7) is 3.93. The van der Waals surface area contributed by atoms with E-state index in [1.807, 2.05) is 24.3 Å². The SMILES string of the molecule is O=c1cc(CN2CCN(c3cccc(Cl)c3)CC2)c2ccc(O)c(O)c2o1. The van der Waals surface area contributed by atoms with Gasteiger partial charge in [0.1, 0.15) is 0 Å². The maximum absolute atomic E-state index is 11.9. The monoisotopic (exact) mass is 386 g/mol. The van der Waals surface area contributed by atoms with Gasteiger partial charge < -0.3 is 19.5 Å². The van der Waals surface area contributed by atoms with Crippen molar-refractivity contribution in [2.75, 3.05) is 31.1 Å². The molecular weight excluding hydrogens is 368 g/mol. The summed E-state index contributed by atoms with van der Waals surface area (Å²) >= 11 is 6.08. The van der Waals surface area contributed by atoms with Crippen LogP contribution in [0, 0.1) is 0 Å². The minimum Gasteiger partial charge on any atom is -0.504 e. The normalized spacial score (nSPS) is 15.4. The standard InChI is InChI=1S/C20H19ClN2O4/c21-14-2-1-3-15(11-14)23-8-6-22(7-9-23)12-13-10-18(25)27-20-16(13)4-5-17(24)19(20)26/h1-5,10-11,24,26H,6-9,12H2. The van der Waals surface area contributed by atoms with Crippen molar-refractivity contribution in [2.24, 2.45) is 0 Å². The Morgan fingerprint density at radius 2 is 1.81 bits per heavy atom. The number of hydrogen-bond acceptors (Lipinski definition) is 6. The van der Waals surface area contributed by atoms with Gasteiger partial charge in [0.25, 0.3) is 0 Å². The van der Waals surface area contributed by atoms with Crippen LogP contribution in [0.2, 0.25) is 5.02 Å². The number of nitrogens with zero attached hydrogens (tertiary/aromatic N) is 2. The molecule has 0 amide bonds. The highest BCUT2D eigenvalue weighted by Crippen LogP contribution is 2.34. The number of phenolic OH excluding ortho intramolecular Hbond substituents is 2. The number of piperazine rings is 1. The molecule has 1 aromatic heterocycles. The van der Waals surface area contributed by atoms with Crippen LogP contribution in [0.3, 0.4) is 0 Å². The Balaban J connectivity index is 1.53. The van der Waals surface area contributed by atoms with Gasteiger partial charge in [-0.15, -0.1) is 0 Å². The van der Waals surface area contributed by atoms with Crippen LogP contribution < -0.4 is 10.5 Å². The van der Waals surface area contributed by atoms with Crippen molar-refractivity contribution in [2.45, 2.75) is 6.54 Å². The number of hydrogen-bond donors (Lipinski definition) is 2. The second kappa shape index (κ2) is 7.13. The lowest BCUT2D eigenvalue weighted by Crippen LogP contribution is -2.46. The minimum atomic E-state index is -0.545. The van der Waals surface area contributed by atoms with Crippen molar-refractivity contribution >= 4 is 28.3 Å². The van der Waals surface area contributed by atoms with Crippen LogP contribution >= 0.6 is 11.6 Å². The van der Waals surface area contributed by atoms with Gasteiger partial charge in [0, 0.05) is 54.9 Å². The molecule has 0 radical (unpaired) electrons. The van der Waals surface area contributed by atoms with Crippen molar-refractivity contribution in [3.05, 3.63) is 63.5 Å². The molecule has 1 fully saturated rings. The molecule has 0 spiro atoms. The summed E-state index contributed by atoms with van der Waals surface area (Å²) < 4.78 is 5.08. The summed E-state index contributed by atoms with van der Waals surface area (Å²) in [4.78, 5) is 16.4. The number of rotatable bonds is 3. The zero-order valence-corrected chi connectivity index (χ0v) is 15.3. The number of anilines is 1. The molecule has 2 aromatic carbocycles. The summed E-state index contributed by atoms with van der Waals surface area (Å²) in [5, 5.41) is 21.0. The van der Waals surface area contributed by atoms with Crippen LogP contribution in [0.15, 0.2) is 51.7 Å². The van der Waals surface area contributed by atoms with Gasteiger partial charge in [-0.25, -0.2) is 4.79 Å². The van der Waals surface area contributed by atoms with Crippen LogP contribution in [0.25, 0.3) is 11.0 Å². The lowest BCUT2D eigenvalue weighted by molar-refractivity contribution is 0.250. The molecule has 1 saturated heterocycles. The Labute approximate surface area is 160 Å². The third-order valence-electron chi connectivity index (χ3n) is 4.89. The lowest BCUT2D eigenvalue weighted by Gasteiger charge is -2.36. The highest BCUT2D eigenvalue weighted by molar-refractivity contribution is 6.30. The highest BCUT2D eigenvalue weighted by atomic mass is 35.5. The molecule has 2 N–H and O–H groups in total. The molecule has 6 nitrogen and oxygen atoms in total. The molecule has 2 heterocycles. The largest absolute Gasteiger partial charge is 0.504 e. The van der Waals surface area contributed by atoms with E-state index in [1.165, 1.54) is 12.1 Å². The predicted octanol–water partition coefficient (Wildman–Crippen LogP) is 3.18. The third kappa shape index (κ3) is 3.59. The van der Waals surface area contributed by atoms with E-state index in [9.17, 15) is 15.0 Å². The second-order valence-electron chi connectivity index (χ2n) is 6.64. The number of benzene rings is 2. The number of halogens is 1. The predicted molar refractivity (Wildman–Crippen MR) is 105 cm³/mol. The van der Waals surface area contributed by atoms with Gasteiger partial charge in [0.15, 0.2) is 11.3 Å². The first-order chi connectivity index (χ1) is 13.0. The second-order valence-corrected chi connectivity index (χ2v) is 7.08. The smallest absolute Gasteiger partial charge is 0.336 e. The number of phenols is 2. The topological polar surface area (TPSA) is 77.2 Å². The summed E-state index contributed by atoms with van der Waals surface area (Å²) in [5.41, 5.74) is 1.35. The van der Waals surface area contributed by atoms with E-state index in [0.717, 1.165) is 42.5 Å². The molecule has 27 heavy (non-hydrogen) atoms. The minimum absolute atomic E-state index is 0.0232. The molecule has 0 atom stereocenters. The van der Waals surface area contributed by atoms with Crippen LogP contribution in [-0.4, -0.2) is 41.3 Å². The lowest BCUT2D eigenvalue weighted by atomic mass is 10.1. The van der Waals surface area contributed by atoms with E-state index in [2.05, 4.69) is 9.80 Å². The zero-order chi connectivity index (χ0) is 19.0. The van der Waals surface area contributed by atoms with E-state index in [1.54, 1.807) is 6.07 Å². The number of fused-ring (bicyclic) bond motifs is 1. The van der Waals surface area contributed by atoms with E-state index < -0.39 is 11.4 Å². The third-order valence-corrected chi connectivity index (χ3v) is 5.13. The van der Waals surface area contributed by atoms with Crippen molar-refractivity contribution < 1.29 is 14.6 Å². The summed E-state index contributed by atoms with van der Waals surface area (Å²) in [6.07, 6.45) is 0. The van der Waals surface area contributed by atoms with Crippen molar-refractivity contribution in [1.29, 1.82) is 0 Å². The molecule has 0 bridgehead atoms. The highest BCUT2D eigenvalue weighted by Gasteiger charge is 2.20. The van der Waals surface area contributed by atoms with Gasteiger partial charge in [-0.3, -0.25) is 4.90 Å². The molecule has 3 aromatic rings. The van der Waals surface area contributed by atoms with Crippen LogP contribution in [0.1, 0.15) is 5.56 Å². The van der Waals surface area contributed by atoms with Crippen LogP contribution in [0.5, 0.6) is 11.5 Å². The summed E-state index contributed by atoms with van der Waals surface area (Å²) in [5.74, 6) is -0.713. The summed E-state index contributed by atoms with van der Waals surface area (Å²) in [6, 6.07) is 12.3. The van der Waals surface area contributed by atoms with Crippen LogP contribution in [0.4, 0.5) is 5.69 Å². The van der Waals surface area contributed by atoms with Gasteiger partial charge in [-0.05, 0) is 35.9 Å². The molecule has 0 saturated carbocycles. The molecule has 0 unspecified atom stereocenters. The molecule has 1 aliphatic rings. The van der Waals surface area contributed by atoms with Crippen LogP contribution in [-0.2, 0) is 6.54 Å². The van der Waals surface area contributed by atoms with E-state index >= 15 is 0 Å². The average Bonchev–Trinajstić information content (AvgIpc) is 2.66. The Bertz CT molecular complexity index is 1040. The first-order valence-corrected chi connectivity index (χ1v) is 9.09. The first kappa shape index (κ1) is 17.7. The van der Waals surface area contributed by atoms with Crippen molar-refractivity contribution in [3.63, 3.8) is 0 Å². The average molecular weight is 387 g/mol. The fourth-order valence-corrected chi connectivity index (χ4v) is 3.66. The molecule has 0 aliphatic carbocycles. The van der Waals surface area contributed by atoms with E-state index in [-0.39, 0.29) is 11.3 Å². The Kier molecular flexibility index (Phi) is 4.68. The fraction of sp³-hybridized carbons (Fsp3) is 0.250. The summed E-state index contributed by atoms with van der Waals surface area (Å²) in [7, 11) is 0. The Morgan fingerprint density at radius 3 is 2.56 bits per heavy atom. The fourth-order valence-electron chi connectivity index (χ4n) is 3.48. The van der Waals surface area contributed by atoms with E-state index in [0.29, 0.717) is 11.9 Å². The zero-order valence-electron chi connectivity index (χ0n) is 14.6. The Hall–Kier alpha value is -2.70. The molecular formula is C20H19ClN2O4. The quantitative estimate of drug-likeness (QED) is 0.532. The van der Waals surface area contributed by atoms with Gasteiger partial charge in [-0.1, -0.05) is 17.7 Å². The maximum Gasteiger partial charge on any atom is 0.336 e. The van der Waals surface area contributed by atoms with Crippen molar-refractivity contribution in [3.8, 4) is 11.5 Å². The van der Waals surface area contributed by atoms with Crippen molar-refractivity contribution in [1.82, 2.24) is 4.90 Å².